The first-order valence-corrected chi connectivity index (χ1v) is 8.00. The summed E-state index contributed by atoms with van der Waals surface area (Å²) < 4.78 is 0. The van der Waals surface area contributed by atoms with Gasteiger partial charge in [0.05, 0.1) is 0 Å². The fraction of sp³-hybridized carbons (Fsp3) is 0.400. The van der Waals surface area contributed by atoms with Crippen molar-refractivity contribution in [2.45, 2.75) is 29.8 Å². The quantitative estimate of drug-likeness (QED) is 0.937. The lowest BCUT2D eigenvalue weighted by atomic mass is 10.2. The van der Waals surface area contributed by atoms with E-state index in [-0.39, 0.29) is 0 Å². The van der Waals surface area contributed by atoms with Gasteiger partial charge in [-0.1, -0.05) is 18.2 Å². The van der Waals surface area contributed by atoms with Gasteiger partial charge >= 0.3 is 0 Å². The van der Waals surface area contributed by atoms with Crippen molar-refractivity contribution in [1.82, 2.24) is 15.0 Å². The molecule has 3 rings (SSSR count). The molecule has 6 heteroatoms. The van der Waals surface area contributed by atoms with E-state index >= 15 is 0 Å². The number of hydrogen-bond donors (Lipinski definition) is 1. The molecule has 5 nitrogen and oxygen atoms in total. The second kappa shape index (κ2) is 6.30. The first kappa shape index (κ1) is 14.1. The van der Waals surface area contributed by atoms with E-state index in [9.17, 15) is 0 Å². The van der Waals surface area contributed by atoms with Crippen molar-refractivity contribution in [2.75, 3.05) is 30.4 Å². The maximum atomic E-state index is 4.63. The molecule has 0 amide bonds. The van der Waals surface area contributed by atoms with Crippen LogP contribution in [0.1, 0.15) is 18.4 Å². The number of hydrogen-bond acceptors (Lipinski definition) is 6. The van der Waals surface area contributed by atoms with Crippen molar-refractivity contribution in [3.05, 3.63) is 29.8 Å². The van der Waals surface area contributed by atoms with Crippen LogP contribution in [-0.2, 0) is 0 Å². The molecule has 0 atom stereocenters. The molecular weight excluding hydrogens is 282 g/mol. The second-order valence-electron chi connectivity index (χ2n) is 5.05. The van der Waals surface area contributed by atoms with Crippen LogP contribution in [-0.4, -0.2) is 35.1 Å². The Bertz CT molecular complexity index is 625. The van der Waals surface area contributed by atoms with Gasteiger partial charge in [0, 0.05) is 25.0 Å². The van der Waals surface area contributed by atoms with Crippen LogP contribution in [0.15, 0.2) is 34.3 Å². The molecule has 1 aliphatic heterocycles. The molecule has 1 fully saturated rings. The number of aryl methyl sites for hydroxylation is 1. The summed E-state index contributed by atoms with van der Waals surface area (Å²) in [7, 11) is 1.84. The summed E-state index contributed by atoms with van der Waals surface area (Å²) in [5.74, 6) is 1.41. The molecule has 1 saturated heterocycles. The van der Waals surface area contributed by atoms with Crippen LogP contribution in [0.5, 0.6) is 0 Å². The van der Waals surface area contributed by atoms with Gasteiger partial charge in [-0.25, -0.2) is 0 Å². The van der Waals surface area contributed by atoms with Gasteiger partial charge in [-0.2, -0.15) is 15.0 Å². The van der Waals surface area contributed by atoms with Crippen molar-refractivity contribution in [1.29, 1.82) is 0 Å². The Kier molecular flexibility index (Phi) is 4.24. The first-order chi connectivity index (χ1) is 10.3. The van der Waals surface area contributed by atoms with Crippen LogP contribution in [0, 0.1) is 6.92 Å². The van der Waals surface area contributed by atoms with E-state index in [0.29, 0.717) is 5.95 Å². The number of aromatic nitrogens is 3. The van der Waals surface area contributed by atoms with Crippen LogP contribution in [0.25, 0.3) is 0 Å². The van der Waals surface area contributed by atoms with Crippen LogP contribution in [0.2, 0.25) is 0 Å². The van der Waals surface area contributed by atoms with Crippen LogP contribution in [0.3, 0.4) is 0 Å². The summed E-state index contributed by atoms with van der Waals surface area (Å²) in [6, 6.07) is 8.28. The minimum absolute atomic E-state index is 0.628. The molecule has 21 heavy (non-hydrogen) atoms. The third-order valence-corrected chi connectivity index (χ3v) is 4.55. The predicted molar refractivity (Wildman–Crippen MR) is 86.1 cm³/mol. The average Bonchev–Trinajstić information content (AvgIpc) is 3.04. The molecule has 110 valence electrons. The maximum Gasteiger partial charge on any atom is 0.231 e. The lowest BCUT2D eigenvalue weighted by Crippen LogP contribution is -2.21. The van der Waals surface area contributed by atoms with Crippen LogP contribution in [0.4, 0.5) is 11.9 Å². The van der Waals surface area contributed by atoms with Gasteiger partial charge in [0.2, 0.25) is 11.9 Å². The second-order valence-corrected chi connectivity index (χ2v) is 6.06. The zero-order valence-corrected chi connectivity index (χ0v) is 13.2. The fourth-order valence-electron chi connectivity index (χ4n) is 2.33. The Balaban J connectivity index is 1.90. The Labute approximate surface area is 129 Å². The Hall–Kier alpha value is -1.82. The fourth-order valence-corrected chi connectivity index (χ4v) is 3.16. The summed E-state index contributed by atoms with van der Waals surface area (Å²) in [5, 5.41) is 3.77. The Morgan fingerprint density at radius 3 is 2.57 bits per heavy atom. The van der Waals surface area contributed by atoms with Crippen molar-refractivity contribution >= 4 is 23.7 Å². The highest BCUT2D eigenvalue weighted by Crippen LogP contribution is 2.29. The molecule has 1 N–H and O–H groups in total. The first-order valence-electron chi connectivity index (χ1n) is 7.18. The lowest BCUT2D eigenvalue weighted by Gasteiger charge is -2.16. The van der Waals surface area contributed by atoms with E-state index in [1.807, 2.05) is 19.2 Å². The zero-order chi connectivity index (χ0) is 14.7. The molecule has 0 unspecified atom stereocenters. The molecule has 0 radical (unpaired) electrons. The van der Waals surface area contributed by atoms with Gasteiger partial charge < -0.3 is 10.2 Å². The summed E-state index contributed by atoms with van der Waals surface area (Å²) in [5.41, 5.74) is 1.23. The average molecular weight is 301 g/mol. The topological polar surface area (TPSA) is 53.9 Å². The molecule has 1 aromatic carbocycles. The van der Waals surface area contributed by atoms with E-state index in [4.69, 9.17) is 0 Å². The van der Waals surface area contributed by atoms with Gasteiger partial charge in [-0.15, -0.1) is 0 Å². The van der Waals surface area contributed by atoms with E-state index in [1.54, 1.807) is 11.8 Å². The van der Waals surface area contributed by atoms with E-state index in [0.717, 1.165) is 24.2 Å². The van der Waals surface area contributed by atoms with Crippen molar-refractivity contribution < 1.29 is 0 Å². The van der Waals surface area contributed by atoms with Crippen molar-refractivity contribution in [2.24, 2.45) is 0 Å². The third-order valence-electron chi connectivity index (χ3n) is 3.51. The minimum atomic E-state index is 0.628. The summed E-state index contributed by atoms with van der Waals surface area (Å²) in [6.45, 7) is 4.16. The third kappa shape index (κ3) is 3.26. The molecule has 2 aromatic rings. The summed E-state index contributed by atoms with van der Waals surface area (Å²) in [6.07, 6.45) is 2.42. The largest absolute Gasteiger partial charge is 0.357 e. The molecular formula is C15H19N5S. The molecule has 0 spiro atoms. The summed E-state index contributed by atoms with van der Waals surface area (Å²) in [4.78, 5) is 17.0. The monoisotopic (exact) mass is 301 g/mol. The van der Waals surface area contributed by atoms with E-state index in [2.05, 4.69) is 44.2 Å². The molecule has 0 bridgehead atoms. The number of rotatable bonds is 4. The van der Waals surface area contributed by atoms with E-state index in [1.165, 1.54) is 23.3 Å². The Morgan fingerprint density at radius 1 is 1.10 bits per heavy atom. The highest BCUT2D eigenvalue weighted by Gasteiger charge is 2.17. The molecule has 1 aromatic heterocycles. The van der Waals surface area contributed by atoms with Gasteiger partial charge in [-0.05, 0) is 43.2 Å². The van der Waals surface area contributed by atoms with Crippen LogP contribution >= 0.6 is 11.8 Å². The SMILES string of the molecule is CNc1nc(Sc2ccccc2C)nc(N2CCCC2)n1. The van der Waals surface area contributed by atoms with Crippen molar-refractivity contribution in [3.63, 3.8) is 0 Å². The van der Waals surface area contributed by atoms with Crippen molar-refractivity contribution in [3.8, 4) is 0 Å². The molecule has 1 aliphatic rings. The predicted octanol–water partition coefficient (Wildman–Crippen LogP) is 2.97. The number of anilines is 2. The van der Waals surface area contributed by atoms with Gasteiger partial charge in [0.1, 0.15) is 0 Å². The molecule has 0 saturated carbocycles. The smallest absolute Gasteiger partial charge is 0.231 e. The van der Waals surface area contributed by atoms with E-state index < -0.39 is 0 Å². The standard InChI is InChI=1S/C15H19N5S/c1-11-7-3-4-8-12(11)21-15-18-13(16-2)17-14(19-15)20-9-5-6-10-20/h3-4,7-8H,5-6,9-10H2,1-2H3,(H,16,17,18,19). The normalized spacial score (nSPS) is 14.5. The van der Waals surface area contributed by atoms with Gasteiger partial charge in [-0.3, -0.25) is 0 Å². The summed E-state index contributed by atoms with van der Waals surface area (Å²) >= 11 is 1.59. The van der Waals surface area contributed by atoms with Crippen LogP contribution < -0.4 is 10.2 Å². The minimum Gasteiger partial charge on any atom is -0.357 e. The molecule has 2 heterocycles. The van der Waals surface area contributed by atoms with Gasteiger partial charge in [0.15, 0.2) is 5.16 Å². The number of nitrogens with zero attached hydrogens (tertiary/aromatic N) is 4. The number of benzene rings is 1. The van der Waals surface area contributed by atoms with Gasteiger partial charge in [0.25, 0.3) is 0 Å². The maximum absolute atomic E-state index is 4.63. The lowest BCUT2D eigenvalue weighted by molar-refractivity contribution is 0.830. The number of nitrogens with one attached hydrogen (secondary N) is 1. The zero-order valence-electron chi connectivity index (χ0n) is 12.3. The Morgan fingerprint density at radius 2 is 1.86 bits per heavy atom. The highest BCUT2D eigenvalue weighted by molar-refractivity contribution is 7.99. The highest BCUT2D eigenvalue weighted by atomic mass is 32.2. The molecule has 0 aliphatic carbocycles.